The molecule has 3 heterocycles. The van der Waals surface area contributed by atoms with Gasteiger partial charge in [-0.2, -0.15) is 0 Å². The van der Waals surface area contributed by atoms with E-state index in [-0.39, 0.29) is 18.0 Å². The molecule has 1 fully saturated rings. The molecule has 1 aliphatic heterocycles. The first-order chi connectivity index (χ1) is 14.6. The summed E-state index contributed by atoms with van der Waals surface area (Å²) in [6.45, 7) is 6.04. The summed E-state index contributed by atoms with van der Waals surface area (Å²) in [7, 11) is 0. The van der Waals surface area contributed by atoms with Crippen molar-refractivity contribution in [1.29, 1.82) is 0 Å². The molecule has 0 aliphatic carbocycles. The number of benzene rings is 2. The fourth-order valence-electron chi connectivity index (χ4n) is 4.42. The molecule has 5 rings (SSSR count). The minimum Gasteiger partial charge on any atom is -0.359 e. The minimum atomic E-state index is -0.0596. The molecule has 0 radical (unpaired) electrons. The quantitative estimate of drug-likeness (QED) is 0.277. The smallest absolute Gasteiger partial charge is 0.177 e. The summed E-state index contributed by atoms with van der Waals surface area (Å²) < 4.78 is 8.24. The van der Waals surface area contributed by atoms with Gasteiger partial charge in [0.1, 0.15) is 12.2 Å². The number of rotatable bonds is 5. The van der Waals surface area contributed by atoms with Crippen molar-refractivity contribution in [3.63, 3.8) is 0 Å². The summed E-state index contributed by atoms with van der Waals surface area (Å²) in [5.74, 6) is 0.563. The lowest BCUT2D eigenvalue weighted by atomic mass is 9.94. The van der Waals surface area contributed by atoms with Crippen molar-refractivity contribution in [2.45, 2.75) is 38.9 Å². The number of ether oxygens (including phenoxy) is 1. The lowest BCUT2D eigenvalue weighted by molar-refractivity contribution is 0.101. The van der Waals surface area contributed by atoms with Crippen molar-refractivity contribution in [2.24, 2.45) is 0 Å². The van der Waals surface area contributed by atoms with Gasteiger partial charge in [-0.15, -0.1) is 0 Å². The Morgan fingerprint density at radius 2 is 1.60 bits per heavy atom. The molecule has 0 spiro atoms. The van der Waals surface area contributed by atoms with Crippen LogP contribution in [0.5, 0.6) is 0 Å². The number of hydrogen-bond acceptors (Lipinski definition) is 2. The zero-order valence-corrected chi connectivity index (χ0v) is 17.5. The van der Waals surface area contributed by atoms with Gasteiger partial charge in [0.15, 0.2) is 5.78 Å². The van der Waals surface area contributed by atoms with Crippen molar-refractivity contribution in [2.75, 3.05) is 0 Å². The van der Waals surface area contributed by atoms with Crippen LogP contribution in [0.1, 0.15) is 66.1 Å². The molecule has 0 N–H and O–H groups in total. The maximum Gasteiger partial charge on any atom is 0.177 e. The van der Waals surface area contributed by atoms with E-state index in [1.165, 1.54) is 11.1 Å². The van der Waals surface area contributed by atoms with Crippen LogP contribution in [0.25, 0.3) is 16.6 Å². The lowest BCUT2D eigenvalue weighted by Gasteiger charge is -2.07. The average molecular weight is 396 g/mol. The highest BCUT2D eigenvalue weighted by Crippen LogP contribution is 2.55. The molecular weight excluding hydrogens is 370 g/mol. The Hall–Kier alpha value is -3.17. The van der Waals surface area contributed by atoms with Crippen LogP contribution in [-0.4, -0.2) is 10.2 Å². The van der Waals surface area contributed by atoms with Crippen LogP contribution in [0.3, 0.4) is 0 Å². The van der Waals surface area contributed by atoms with Gasteiger partial charge in [-0.25, -0.2) is 0 Å². The maximum atomic E-state index is 12.7. The topological polar surface area (TPSA) is 34.0 Å². The summed E-state index contributed by atoms with van der Waals surface area (Å²) in [5.41, 5.74) is 7.40. The fraction of sp³-hybridized carbons (Fsp3) is 0.222. The number of nitrogens with zero attached hydrogens (tertiary/aromatic N) is 1. The lowest BCUT2D eigenvalue weighted by Crippen LogP contribution is -2.00. The third-order valence-electron chi connectivity index (χ3n) is 5.99. The van der Waals surface area contributed by atoms with E-state index in [0.29, 0.717) is 5.92 Å². The Morgan fingerprint density at radius 1 is 0.900 bits per heavy atom. The summed E-state index contributed by atoms with van der Waals surface area (Å²) in [6, 6.07) is 25.0. The van der Waals surface area contributed by atoms with Crippen molar-refractivity contribution in [1.82, 2.24) is 4.40 Å². The van der Waals surface area contributed by atoms with Crippen LogP contribution >= 0.6 is 0 Å². The number of hydrogen-bond donors (Lipinski definition) is 0. The molecule has 2 atom stereocenters. The van der Waals surface area contributed by atoms with Gasteiger partial charge in [-0.1, -0.05) is 74.5 Å². The normalized spacial score (nSPS) is 18.1. The van der Waals surface area contributed by atoms with E-state index in [0.717, 1.165) is 27.9 Å². The molecule has 30 heavy (non-hydrogen) atoms. The van der Waals surface area contributed by atoms with Gasteiger partial charge >= 0.3 is 0 Å². The second kappa shape index (κ2) is 7.26. The Labute approximate surface area is 176 Å². The van der Waals surface area contributed by atoms with E-state index in [4.69, 9.17) is 4.74 Å². The summed E-state index contributed by atoms with van der Waals surface area (Å²) in [6.07, 6.45) is 1.92. The first-order valence-corrected chi connectivity index (χ1v) is 10.5. The first kappa shape index (κ1) is 18.8. The highest BCUT2D eigenvalue weighted by atomic mass is 16.6. The van der Waals surface area contributed by atoms with E-state index >= 15 is 0 Å². The van der Waals surface area contributed by atoms with E-state index in [2.05, 4.69) is 56.3 Å². The van der Waals surface area contributed by atoms with Crippen LogP contribution in [0, 0.1) is 0 Å². The maximum absolute atomic E-state index is 12.7. The first-order valence-electron chi connectivity index (χ1n) is 10.5. The predicted molar refractivity (Wildman–Crippen MR) is 120 cm³/mol. The third kappa shape index (κ3) is 3.06. The zero-order chi connectivity index (χ0) is 20.8. The van der Waals surface area contributed by atoms with Crippen LogP contribution < -0.4 is 0 Å². The summed E-state index contributed by atoms with van der Waals surface area (Å²) >= 11 is 0. The van der Waals surface area contributed by atoms with Crippen LogP contribution in [-0.2, 0) is 4.74 Å². The molecule has 3 heteroatoms. The number of fused-ring (bicyclic) bond motifs is 1. The molecule has 0 amide bonds. The second-order valence-corrected chi connectivity index (χ2v) is 8.31. The van der Waals surface area contributed by atoms with Crippen molar-refractivity contribution < 1.29 is 9.53 Å². The molecule has 1 aliphatic rings. The molecule has 0 bridgehead atoms. The zero-order valence-electron chi connectivity index (χ0n) is 17.5. The molecule has 150 valence electrons. The fourth-order valence-corrected chi connectivity index (χ4v) is 4.42. The van der Waals surface area contributed by atoms with E-state index < -0.39 is 0 Å². The van der Waals surface area contributed by atoms with Gasteiger partial charge in [-0.3, -0.25) is 4.79 Å². The number of ketones is 1. The SMILES string of the molecule is CC(=O)c1c(-c2ccccc2)c(C2OC2c2ccc(C(C)C)cc2)c2ccccn12. The molecular formula is C27H25NO2. The Balaban J connectivity index is 1.65. The van der Waals surface area contributed by atoms with Gasteiger partial charge in [0.05, 0.1) is 11.2 Å². The Morgan fingerprint density at radius 3 is 2.27 bits per heavy atom. The van der Waals surface area contributed by atoms with E-state index in [1.54, 1.807) is 6.92 Å². The number of Topliss-reactive ketones (excluding diaryl/α,β-unsaturated/α-hetero) is 1. The Bertz CT molecular complexity index is 1220. The van der Waals surface area contributed by atoms with Crippen molar-refractivity contribution in [3.8, 4) is 11.1 Å². The molecule has 1 saturated heterocycles. The largest absolute Gasteiger partial charge is 0.359 e. The number of carbonyl (C=O) groups excluding carboxylic acids is 1. The summed E-state index contributed by atoms with van der Waals surface area (Å²) in [4.78, 5) is 12.7. The molecule has 2 aromatic heterocycles. The summed E-state index contributed by atoms with van der Waals surface area (Å²) in [5, 5.41) is 0. The third-order valence-corrected chi connectivity index (χ3v) is 5.99. The standard InChI is InChI=1S/C27H25NO2/c1-17(2)19-12-14-21(15-13-19)26-27(30-26)24-22-11-7-8-16-28(22)25(18(3)29)23(24)20-9-5-4-6-10-20/h4-17,26-27H,1-3H3. The average Bonchev–Trinajstić information content (AvgIpc) is 3.47. The van der Waals surface area contributed by atoms with Gasteiger partial charge in [-0.05, 0) is 34.7 Å². The molecule has 3 nitrogen and oxygen atoms in total. The van der Waals surface area contributed by atoms with Gasteiger partial charge < -0.3 is 9.14 Å². The molecule has 2 aromatic carbocycles. The minimum absolute atomic E-state index is 0.0138. The highest BCUT2D eigenvalue weighted by molar-refractivity contribution is 6.03. The number of epoxide rings is 1. The van der Waals surface area contributed by atoms with Gasteiger partial charge in [0.25, 0.3) is 0 Å². The van der Waals surface area contributed by atoms with Crippen molar-refractivity contribution >= 4 is 11.3 Å². The van der Waals surface area contributed by atoms with E-state index in [1.807, 2.05) is 40.9 Å². The van der Waals surface area contributed by atoms with Crippen molar-refractivity contribution in [3.05, 3.63) is 101 Å². The predicted octanol–water partition coefficient (Wildman–Crippen LogP) is 6.74. The van der Waals surface area contributed by atoms with Crippen LogP contribution in [0.2, 0.25) is 0 Å². The second-order valence-electron chi connectivity index (χ2n) is 8.31. The van der Waals surface area contributed by atoms with E-state index in [9.17, 15) is 4.79 Å². The molecule has 0 saturated carbocycles. The Kier molecular flexibility index (Phi) is 4.56. The van der Waals surface area contributed by atoms with Gasteiger partial charge in [0, 0.05) is 24.2 Å². The van der Waals surface area contributed by atoms with Crippen LogP contribution in [0.4, 0.5) is 0 Å². The number of carbonyl (C=O) groups is 1. The van der Waals surface area contributed by atoms with Crippen LogP contribution in [0.15, 0.2) is 79.0 Å². The van der Waals surface area contributed by atoms with Gasteiger partial charge in [0.2, 0.25) is 0 Å². The number of aromatic nitrogens is 1. The highest BCUT2D eigenvalue weighted by Gasteiger charge is 2.45. The number of pyridine rings is 1. The molecule has 4 aromatic rings. The monoisotopic (exact) mass is 395 g/mol. The molecule has 2 unspecified atom stereocenters.